The normalized spacial score (nSPS) is 21.4. The second-order valence-corrected chi connectivity index (χ2v) is 6.56. The van der Waals surface area contributed by atoms with Crippen molar-refractivity contribution in [1.29, 1.82) is 0 Å². The summed E-state index contributed by atoms with van der Waals surface area (Å²) in [5, 5.41) is 6.15. The zero-order valence-electron chi connectivity index (χ0n) is 12.0. The molecule has 21 heavy (non-hydrogen) atoms. The summed E-state index contributed by atoms with van der Waals surface area (Å²) in [7, 11) is 1.85. The second kappa shape index (κ2) is 6.07. The maximum atomic E-state index is 12.6. The Morgan fingerprint density at radius 3 is 3.05 bits per heavy atom. The molecule has 0 aromatic heterocycles. The van der Waals surface area contributed by atoms with Crippen LogP contribution >= 0.6 is 11.8 Å². The van der Waals surface area contributed by atoms with Crippen LogP contribution in [0.25, 0.3) is 0 Å². The van der Waals surface area contributed by atoms with Gasteiger partial charge in [-0.3, -0.25) is 9.59 Å². The topological polar surface area (TPSA) is 61.4 Å². The monoisotopic (exact) mass is 305 g/mol. The number of anilines is 1. The number of hydrogen-bond donors (Lipinski definition) is 2. The Labute approximate surface area is 128 Å². The minimum Gasteiger partial charge on any atom is -0.337 e. The predicted molar refractivity (Wildman–Crippen MR) is 83.8 cm³/mol. The third-order valence-electron chi connectivity index (χ3n) is 3.99. The van der Waals surface area contributed by atoms with Crippen LogP contribution in [-0.2, 0) is 4.79 Å². The smallest absolute Gasteiger partial charge is 0.253 e. The van der Waals surface area contributed by atoms with Crippen molar-refractivity contribution in [2.45, 2.75) is 23.8 Å². The van der Waals surface area contributed by atoms with Gasteiger partial charge in [-0.2, -0.15) is 0 Å². The third-order valence-corrected chi connectivity index (χ3v) is 5.06. The Bertz CT molecular complexity index is 570. The number of hydrogen-bond acceptors (Lipinski definition) is 4. The Kier molecular flexibility index (Phi) is 4.17. The lowest BCUT2D eigenvalue weighted by molar-refractivity contribution is -0.115. The highest BCUT2D eigenvalue weighted by atomic mass is 32.2. The minimum atomic E-state index is 0.00926. The number of fused-ring (bicyclic) bond motifs is 1. The molecular formula is C15H19N3O2S. The van der Waals surface area contributed by atoms with Gasteiger partial charge in [-0.1, -0.05) is 0 Å². The Morgan fingerprint density at radius 2 is 2.29 bits per heavy atom. The average Bonchev–Trinajstić information content (AvgIpc) is 2.94. The molecule has 6 heteroatoms. The molecule has 0 aliphatic carbocycles. The van der Waals surface area contributed by atoms with Crippen molar-refractivity contribution < 1.29 is 9.59 Å². The van der Waals surface area contributed by atoms with Crippen LogP contribution in [0.3, 0.4) is 0 Å². The van der Waals surface area contributed by atoms with E-state index in [1.807, 2.05) is 19.2 Å². The molecule has 1 aromatic rings. The zero-order valence-corrected chi connectivity index (χ0v) is 12.8. The molecule has 0 bridgehead atoms. The minimum absolute atomic E-state index is 0.00926. The lowest BCUT2D eigenvalue weighted by Gasteiger charge is -2.24. The van der Waals surface area contributed by atoms with Crippen molar-refractivity contribution in [3.63, 3.8) is 0 Å². The number of rotatable bonds is 2. The van der Waals surface area contributed by atoms with Gasteiger partial charge in [0.1, 0.15) is 0 Å². The molecule has 2 aliphatic rings. The lowest BCUT2D eigenvalue weighted by atomic mass is 10.1. The van der Waals surface area contributed by atoms with E-state index in [0.29, 0.717) is 12.0 Å². The van der Waals surface area contributed by atoms with Crippen LogP contribution in [0.2, 0.25) is 0 Å². The molecule has 2 amide bonds. The van der Waals surface area contributed by atoms with E-state index in [9.17, 15) is 9.59 Å². The fourth-order valence-electron chi connectivity index (χ4n) is 2.69. The van der Waals surface area contributed by atoms with E-state index in [0.717, 1.165) is 35.8 Å². The maximum absolute atomic E-state index is 12.6. The second-order valence-electron chi connectivity index (χ2n) is 5.42. The SMILES string of the molecule is CN(C(=O)c1ccc2c(c1)NC(=O)CCS2)C1CCNC1. The van der Waals surface area contributed by atoms with Crippen LogP contribution in [0.1, 0.15) is 23.2 Å². The summed E-state index contributed by atoms with van der Waals surface area (Å²) in [5.74, 6) is 0.800. The number of likely N-dealkylation sites (N-methyl/N-ethyl adjacent to an activating group) is 1. The molecule has 1 aromatic carbocycles. The molecule has 0 spiro atoms. The van der Waals surface area contributed by atoms with E-state index in [-0.39, 0.29) is 17.9 Å². The number of thioether (sulfide) groups is 1. The van der Waals surface area contributed by atoms with Gasteiger partial charge >= 0.3 is 0 Å². The number of nitrogens with zero attached hydrogens (tertiary/aromatic N) is 1. The van der Waals surface area contributed by atoms with Crippen molar-refractivity contribution in [3.8, 4) is 0 Å². The highest BCUT2D eigenvalue weighted by Gasteiger charge is 2.25. The van der Waals surface area contributed by atoms with Gasteiger partial charge in [-0.25, -0.2) is 0 Å². The fourth-order valence-corrected chi connectivity index (χ4v) is 3.63. The summed E-state index contributed by atoms with van der Waals surface area (Å²) in [5.41, 5.74) is 1.39. The van der Waals surface area contributed by atoms with Gasteiger partial charge in [0, 0.05) is 42.3 Å². The van der Waals surface area contributed by atoms with Crippen LogP contribution in [0.15, 0.2) is 23.1 Å². The largest absolute Gasteiger partial charge is 0.337 e. The van der Waals surface area contributed by atoms with E-state index in [1.54, 1.807) is 22.7 Å². The Balaban J connectivity index is 1.82. The lowest BCUT2D eigenvalue weighted by Crippen LogP contribution is -2.38. The van der Waals surface area contributed by atoms with E-state index in [2.05, 4.69) is 10.6 Å². The first-order chi connectivity index (χ1) is 10.1. The highest BCUT2D eigenvalue weighted by molar-refractivity contribution is 7.99. The molecular weight excluding hydrogens is 286 g/mol. The van der Waals surface area contributed by atoms with Crippen LogP contribution < -0.4 is 10.6 Å². The first kappa shape index (κ1) is 14.4. The number of nitrogens with one attached hydrogen (secondary N) is 2. The first-order valence-corrected chi connectivity index (χ1v) is 8.18. The van der Waals surface area contributed by atoms with Gasteiger partial charge in [-0.15, -0.1) is 11.8 Å². The van der Waals surface area contributed by atoms with Gasteiger partial charge in [0.05, 0.1) is 5.69 Å². The van der Waals surface area contributed by atoms with Crippen LogP contribution in [0.5, 0.6) is 0 Å². The third kappa shape index (κ3) is 3.06. The first-order valence-electron chi connectivity index (χ1n) is 7.20. The number of benzene rings is 1. The standard InChI is InChI=1S/C15H19N3O2S/c1-18(11-4-6-16-9-11)15(20)10-2-3-13-12(8-10)17-14(19)5-7-21-13/h2-3,8,11,16H,4-7,9H2,1H3,(H,17,19). The number of amides is 2. The van der Waals surface area contributed by atoms with E-state index in [4.69, 9.17) is 0 Å². The maximum Gasteiger partial charge on any atom is 0.253 e. The molecule has 5 nitrogen and oxygen atoms in total. The van der Waals surface area contributed by atoms with Crippen LogP contribution in [0.4, 0.5) is 5.69 Å². The number of carbonyl (C=O) groups excluding carboxylic acids is 2. The van der Waals surface area contributed by atoms with E-state index in [1.165, 1.54) is 0 Å². The van der Waals surface area contributed by atoms with Crippen molar-refractivity contribution in [3.05, 3.63) is 23.8 Å². The predicted octanol–water partition coefficient (Wildman–Crippen LogP) is 1.55. The molecule has 2 aliphatic heterocycles. The van der Waals surface area contributed by atoms with E-state index >= 15 is 0 Å². The molecule has 1 atom stereocenters. The van der Waals surface area contributed by atoms with Gasteiger partial charge in [0.15, 0.2) is 0 Å². The molecule has 1 unspecified atom stereocenters. The fraction of sp³-hybridized carbons (Fsp3) is 0.467. The van der Waals surface area contributed by atoms with Gasteiger partial charge in [0.2, 0.25) is 5.91 Å². The number of carbonyl (C=O) groups is 2. The van der Waals surface area contributed by atoms with Crippen LogP contribution in [-0.4, -0.2) is 48.6 Å². The van der Waals surface area contributed by atoms with E-state index < -0.39 is 0 Å². The Hall–Kier alpha value is -1.53. The van der Waals surface area contributed by atoms with Crippen LogP contribution in [0, 0.1) is 0 Å². The molecule has 0 radical (unpaired) electrons. The molecule has 0 saturated carbocycles. The van der Waals surface area contributed by atoms with Crippen molar-refractivity contribution in [1.82, 2.24) is 10.2 Å². The summed E-state index contributed by atoms with van der Waals surface area (Å²) in [6.45, 7) is 1.80. The highest BCUT2D eigenvalue weighted by Crippen LogP contribution is 2.31. The molecule has 112 valence electrons. The molecule has 1 saturated heterocycles. The summed E-state index contributed by atoms with van der Waals surface area (Å²) in [6, 6.07) is 5.83. The summed E-state index contributed by atoms with van der Waals surface area (Å²) in [4.78, 5) is 27.0. The molecule has 1 fully saturated rings. The zero-order chi connectivity index (χ0) is 14.8. The van der Waals surface area contributed by atoms with Crippen molar-refractivity contribution in [2.24, 2.45) is 0 Å². The molecule has 3 rings (SSSR count). The quantitative estimate of drug-likeness (QED) is 0.870. The average molecular weight is 305 g/mol. The summed E-state index contributed by atoms with van der Waals surface area (Å²) >= 11 is 1.65. The molecule has 2 heterocycles. The van der Waals surface area contributed by atoms with Gasteiger partial charge in [0.25, 0.3) is 5.91 Å². The summed E-state index contributed by atoms with van der Waals surface area (Å²) < 4.78 is 0. The van der Waals surface area contributed by atoms with Crippen molar-refractivity contribution in [2.75, 3.05) is 31.2 Å². The van der Waals surface area contributed by atoms with Gasteiger partial charge < -0.3 is 15.5 Å². The van der Waals surface area contributed by atoms with Crippen molar-refractivity contribution >= 4 is 29.3 Å². The summed E-state index contributed by atoms with van der Waals surface area (Å²) in [6.07, 6.45) is 1.50. The molecule has 2 N–H and O–H groups in total. The van der Waals surface area contributed by atoms with Gasteiger partial charge in [-0.05, 0) is 31.2 Å². The Morgan fingerprint density at radius 1 is 1.43 bits per heavy atom.